The number of likely N-dealkylation sites (N-methyl/N-ethyl adjacent to an activating group) is 1. The van der Waals surface area contributed by atoms with Crippen LogP contribution in [-0.4, -0.2) is 42.8 Å². The minimum Gasteiger partial charge on any atom is -0.493 e. The Hall–Kier alpha value is -2.44. The molecule has 1 unspecified atom stereocenters. The number of ether oxygens (including phenoxy) is 3. The Morgan fingerprint density at radius 3 is 2.65 bits per heavy atom. The van der Waals surface area contributed by atoms with Gasteiger partial charge in [-0.15, -0.1) is 0 Å². The summed E-state index contributed by atoms with van der Waals surface area (Å²) in [6.07, 6.45) is 0. The zero-order valence-electron chi connectivity index (χ0n) is 11.4. The predicted molar refractivity (Wildman–Crippen MR) is 67.9 cm³/mol. The van der Waals surface area contributed by atoms with E-state index in [1.54, 1.807) is 6.07 Å². The second-order valence-electron chi connectivity index (χ2n) is 4.33. The molecule has 0 aliphatic carbocycles. The molecule has 0 fully saturated rings. The lowest BCUT2D eigenvalue weighted by atomic mass is 10.0. The molecule has 20 heavy (non-hydrogen) atoms. The van der Waals surface area contributed by atoms with Crippen molar-refractivity contribution in [3.05, 3.63) is 17.7 Å². The number of carbonyl (C=O) groups is 2. The molecule has 0 radical (unpaired) electrons. The smallest absolute Gasteiger partial charge is 0.331 e. The molecule has 2 rings (SSSR count). The van der Waals surface area contributed by atoms with Crippen LogP contribution in [0.15, 0.2) is 12.1 Å². The molecular weight excluding hydrogens is 266 g/mol. The number of nitrogens with zero attached hydrogens (tertiary/aromatic N) is 1. The van der Waals surface area contributed by atoms with Gasteiger partial charge in [0.1, 0.15) is 0 Å². The third kappa shape index (κ3) is 2.34. The van der Waals surface area contributed by atoms with Crippen LogP contribution >= 0.6 is 0 Å². The Balaban J connectivity index is 2.49. The van der Waals surface area contributed by atoms with E-state index in [1.807, 2.05) is 0 Å². The van der Waals surface area contributed by atoms with Crippen LogP contribution in [0.25, 0.3) is 0 Å². The Kier molecular flexibility index (Phi) is 3.69. The maximum absolute atomic E-state index is 11.4. The first kappa shape index (κ1) is 14.0. The van der Waals surface area contributed by atoms with Crippen LogP contribution in [-0.2, 0) is 9.59 Å². The summed E-state index contributed by atoms with van der Waals surface area (Å²) in [4.78, 5) is 24.0. The molecule has 7 nitrogen and oxygen atoms in total. The Bertz CT molecular complexity index is 556. The number of methoxy groups -OCH3 is 1. The van der Waals surface area contributed by atoms with E-state index in [2.05, 4.69) is 0 Å². The first-order valence-corrected chi connectivity index (χ1v) is 5.89. The molecule has 1 heterocycles. The number of carboxylic acid groups (broad SMARTS) is 1. The second kappa shape index (κ2) is 5.28. The third-order valence-electron chi connectivity index (χ3n) is 3.11. The highest BCUT2D eigenvalue weighted by Gasteiger charge is 2.30. The number of hydrogen-bond donors (Lipinski definition) is 1. The average Bonchev–Trinajstić information content (AvgIpc) is 2.85. The molecule has 0 saturated carbocycles. The minimum absolute atomic E-state index is 0.0510. The van der Waals surface area contributed by atoms with Gasteiger partial charge in [0.2, 0.25) is 18.4 Å². The minimum atomic E-state index is -1.14. The summed E-state index contributed by atoms with van der Waals surface area (Å²) in [7, 11) is 2.88. The van der Waals surface area contributed by atoms with Gasteiger partial charge in [0.05, 0.1) is 7.11 Å². The molecule has 1 atom stereocenters. The van der Waals surface area contributed by atoms with Crippen molar-refractivity contribution in [2.24, 2.45) is 0 Å². The van der Waals surface area contributed by atoms with E-state index >= 15 is 0 Å². The quantitative estimate of drug-likeness (QED) is 0.887. The van der Waals surface area contributed by atoms with Gasteiger partial charge >= 0.3 is 5.97 Å². The number of rotatable bonds is 4. The van der Waals surface area contributed by atoms with Gasteiger partial charge in [0.25, 0.3) is 0 Å². The van der Waals surface area contributed by atoms with Crippen molar-refractivity contribution in [2.75, 3.05) is 21.0 Å². The van der Waals surface area contributed by atoms with Crippen molar-refractivity contribution in [2.45, 2.75) is 13.0 Å². The SMILES string of the molecule is COc1cc(C(C(=O)O)N(C)C(C)=O)cc2c1OCO2. The van der Waals surface area contributed by atoms with Gasteiger partial charge in [0.15, 0.2) is 17.5 Å². The van der Waals surface area contributed by atoms with Crippen molar-refractivity contribution in [1.82, 2.24) is 4.90 Å². The van der Waals surface area contributed by atoms with Gasteiger partial charge in [-0.3, -0.25) is 4.79 Å². The van der Waals surface area contributed by atoms with Gasteiger partial charge < -0.3 is 24.2 Å². The summed E-state index contributed by atoms with van der Waals surface area (Å²) in [6.45, 7) is 1.36. The third-order valence-corrected chi connectivity index (χ3v) is 3.11. The number of benzene rings is 1. The fourth-order valence-electron chi connectivity index (χ4n) is 2.02. The topological polar surface area (TPSA) is 85.3 Å². The van der Waals surface area contributed by atoms with E-state index in [-0.39, 0.29) is 12.7 Å². The highest BCUT2D eigenvalue weighted by atomic mass is 16.7. The molecule has 1 aromatic rings. The summed E-state index contributed by atoms with van der Waals surface area (Å²) in [5.74, 6) is -0.274. The van der Waals surface area contributed by atoms with Gasteiger partial charge in [0, 0.05) is 14.0 Å². The summed E-state index contributed by atoms with van der Waals surface area (Å²) < 4.78 is 15.7. The van der Waals surface area contributed by atoms with Gasteiger partial charge in [-0.1, -0.05) is 0 Å². The zero-order chi connectivity index (χ0) is 14.9. The molecule has 108 valence electrons. The normalized spacial score (nSPS) is 13.8. The molecule has 1 aromatic carbocycles. The van der Waals surface area contributed by atoms with Crippen LogP contribution in [0.2, 0.25) is 0 Å². The maximum Gasteiger partial charge on any atom is 0.331 e. The van der Waals surface area contributed by atoms with Crippen LogP contribution in [0.5, 0.6) is 17.2 Å². The van der Waals surface area contributed by atoms with Crippen molar-refractivity contribution in [1.29, 1.82) is 0 Å². The fraction of sp³-hybridized carbons (Fsp3) is 0.385. The lowest BCUT2D eigenvalue weighted by Crippen LogP contribution is -2.34. The van der Waals surface area contributed by atoms with Crippen LogP contribution < -0.4 is 14.2 Å². The summed E-state index contributed by atoms with van der Waals surface area (Å²) in [5.41, 5.74) is 0.385. The number of carboxylic acids is 1. The van der Waals surface area contributed by atoms with Crippen LogP contribution in [0.1, 0.15) is 18.5 Å². The molecule has 0 bridgehead atoms. The summed E-state index contributed by atoms with van der Waals surface area (Å²) >= 11 is 0. The van der Waals surface area contributed by atoms with Crippen LogP contribution in [0.4, 0.5) is 0 Å². The van der Waals surface area contributed by atoms with E-state index in [0.717, 1.165) is 4.90 Å². The van der Waals surface area contributed by atoms with E-state index in [9.17, 15) is 14.7 Å². The standard InChI is InChI=1S/C13H15NO6/c1-7(15)14(2)11(13(16)17)8-4-9(18-3)12-10(5-8)19-6-20-12/h4-5,11H,6H2,1-3H3,(H,16,17). The number of aliphatic carboxylic acids is 1. The van der Waals surface area contributed by atoms with Gasteiger partial charge in [-0.25, -0.2) is 4.79 Å². The van der Waals surface area contributed by atoms with Crippen LogP contribution in [0, 0.1) is 0 Å². The first-order chi connectivity index (χ1) is 9.45. The van der Waals surface area contributed by atoms with E-state index in [1.165, 1.54) is 27.1 Å². The van der Waals surface area contributed by atoms with Gasteiger partial charge in [-0.05, 0) is 17.7 Å². The molecule has 1 N–H and O–H groups in total. The maximum atomic E-state index is 11.4. The molecular formula is C13H15NO6. The highest BCUT2D eigenvalue weighted by Crippen LogP contribution is 2.43. The van der Waals surface area contributed by atoms with Gasteiger partial charge in [-0.2, -0.15) is 0 Å². The van der Waals surface area contributed by atoms with E-state index in [0.29, 0.717) is 22.8 Å². The second-order valence-corrected chi connectivity index (χ2v) is 4.33. The Labute approximate surface area is 115 Å². The molecule has 0 aromatic heterocycles. The van der Waals surface area contributed by atoms with E-state index in [4.69, 9.17) is 14.2 Å². The lowest BCUT2D eigenvalue weighted by Gasteiger charge is -2.24. The molecule has 1 aliphatic heterocycles. The number of amides is 1. The van der Waals surface area contributed by atoms with Crippen molar-refractivity contribution < 1.29 is 28.9 Å². The monoisotopic (exact) mass is 281 g/mol. The van der Waals surface area contributed by atoms with E-state index < -0.39 is 12.0 Å². The Morgan fingerprint density at radius 2 is 2.10 bits per heavy atom. The van der Waals surface area contributed by atoms with Crippen molar-refractivity contribution in [3.63, 3.8) is 0 Å². The van der Waals surface area contributed by atoms with Crippen molar-refractivity contribution >= 4 is 11.9 Å². The van der Waals surface area contributed by atoms with Crippen LogP contribution in [0.3, 0.4) is 0 Å². The first-order valence-electron chi connectivity index (χ1n) is 5.89. The summed E-state index contributed by atoms with van der Waals surface area (Å²) in [5, 5.41) is 9.35. The molecule has 0 spiro atoms. The Morgan fingerprint density at radius 1 is 1.40 bits per heavy atom. The highest BCUT2D eigenvalue weighted by molar-refractivity contribution is 5.83. The number of hydrogen-bond acceptors (Lipinski definition) is 5. The molecule has 7 heteroatoms. The summed E-state index contributed by atoms with van der Waals surface area (Å²) in [6, 6.07) is 1.96. The zero-order valence-corrected chi connectivity index (χ0v) is 11.4. The fourth-order valence-corrected chi connectivity index (χ4v) is 2.02. The molecule has 1 amide bonds. The number of carbonyl (C=O) groups excluding carboxylic acids is 1. The average molecular weight is 281 g/mol. The molecule has 0 saturated heterocycles. The largest absolute Gasteiger partial charge is 0.493 e. The number of fused-ring (bicyclic) bond motifs is 1. The predicted octanol–water partition coefficient (Wildman–Crippen LogP) is 1.03. The lowest BCUT2D eigenvalue weighted by molar-refractivity contribution is -0.148. The van der Waals surface area contributed by atoms with Crippen molar-refractivity contribution in [3.8, 4) is 17.2 Å². The molecule has 1 aliphatic rings.